The van der Waals surface area contributed by atoms with Crippen LogP contribution in [0.15, 0.2) is 30.5 Å². The van der Waals surface area contributed by atoms with E-state index in [0.717, 1.165) is 11.3 Å². The molecule has 0 radical (unpaired) electrons. The maximum atomic E-state index is 12.1. The number of hydrogen-bond donors (Lipinski definition) is 1. The molecule has 1 heterocycles. The van der Waals surface area contributed by atoms with Crippen LogP contribution in [0.5, 0.6) is 0 Å². The molecule has 20 heavy (non-hydrogen) atoms. The number of esters is 1. The van der Waals surface area contributed by atoms with Gasteiger partial charge >= 0.3 is 5.97 Å². The summed E-state index contributed by atoms with van der Waals surface area (Å²) < 4.78 is 5.64. The molecule has 1 unspecified atom stereocenters. The molecular formula is C14H15ClN2O2S. The first-order valence-electron chi connectivity index (χ1n) is 6.22. The summed E-state index contributed by atoms with van der Waals surface area (Å²) in [5.41, 5.74) is 1.92. The zero-order valence-electron chi connectivity index (χ0n) is 11.2. The van der Waals surface area contributed by atoms with Gasteiger partial charge in [-0.15, -0.1) is 11.3 Å². The Hall–Kier alpha value is -1.59. The molecule has 0 saturated carbocycles. The number of anilines is 1. The van der Waals surface area contributed by atoms with E-state index in [9.17, 15) is 4.79 Å². The fourth-order valence-electron chi connectivity index (χ4n) is 1.74. The van der Waals surface area contributed by atoms with Crippen molar-refractivity contribution in [2.45, 2.75) is 19.9 Å². The minimum atomic E-state index is -0.645. The van der Waals surface area contributed by atoms with Crippen LogP contribution >= 0.6 is 22.9 Å². The minimum Gasteiger partial charge on any atom is -0.464 e. The third-order valence-corrected chi connectivity index (χ3v) is 3.89. The second-order valence-electron chi connectivity index (χ2n) is 4.15. The predicted octanol–water partition coefficient (Wildman–Crippen LogP) is 3.82. The molecule has 0 aliphatic carbocycles. The Bertz CT molecular complexity index is 600. The Balaban J connectivity index is 2.27. The summed E-state index contributed by atoms with van der Waals surface area (Å²) in [7, 11) is 0. The van der Waals surface area contributed by atoms with E-state index >= 15 is 0 Å². The van der Waals surface area contributed by atoms with E-state index in [0.29, 0.717) is 16.0 Å². The lowest BCUT2D eigenvalue weighted by atomic mass is 10.2. The lowest BCUT2D eigenvalue weighted by Crippen LogP contribution is -2.23. The topological polar surface area (TPSA) is 51.2 Å². The molecule has 0 spiro atoms. The lowest BCUT2D eigenvalue weighted by Gasteiger charge is -2.17. The number of para-hydroxylation sites is 1. The summed E-state index contributed by atoms with van der Waals surface area (Å²) in [4.78, 5) is 16.3. The number of rotatable bonds is 5. The van der Waals surface area contributed by atoms with Crippen molar-refractivity contribution in [1.29, 1.82) is 0 Å². The normalized spacial score (nSPS) is 11.9. The number of thiazole rings is 1. The molecular weight excluding hydrogens is 296 g/mol. The maximum Gasteiger partial charge on any atom is 0.335 e. The average Bonchev–Trinajstić information content (AvgIpc) is 2.84. The Labute approximate surface area is 126 Å². The number of carbonyl (C=O) groups is 1. The minimum absolute atomic E-state index is 0.323. The molecule has 1 N–H and O–H groups in total. The Kier molecular flexibility index (Phi) is 4.98. The van der Waals surface area contributed by atoms with Crippen LogP contribution in [0.3, 0.4) is 0 Å². The van der Waals surface area contributed by atoms with Gasteiger partial charge in [-0.3, -0.25) is 0 Å². The first kappa shape index (κ1) is 14.8. The summed E-state index contributed by atoms with van der Waals surface area (Å²) in [6, 6.07) is 7.09. The smallest absolute Gasteiger partial charge is 0.335 e. The van der Waals surface area contributed by atoms with E-state index in [1.54, 1.807) is 6.92 Å². The van der Waals surface area contributed by atoms with Crippen LogP contribution in [0.1, 0.15) is 23.5 Å². The molecule has 1 atom stereocenters. The highest BCUT2D eigenvalue weighted by molar-refractivity contribution is 7.16. The number of aromatic nitrogens is 1. The highest BCUT2D eigenvalue weighted by atomic mass is 35.5. The van der Waals surface area contributed by atoms with Crippen LogP contribution < -0.4 is 5.32 Å². The number of aryl methyl sites for hydroxylation is 1. The number of ether oxygens (including phenoxy) is 1. The van der Waals surface area contributed by atoms with E-state index in [1.165, 1.54) is 17.5 Å². The second kappa shape index (κ2) is 6.72. The number of benzene rings is 1. The fraction of sp³-hybridized carbons (Fsp3) is 0.286. The maximum absolute atomic E-state index is 12.1. The first-order chi connectivity index (χ1) is 9.61. The van der Waals surface area contributed by atoms with E-state index in [-0.39, 0.29) is 5.97 Å². The molecule has 106 valence electrons. The summed E-state index contributed by atoms with van der Waals surface area (Å²) in [6.45, 7) is 4.07. The number of halogens is 1. The van der Waals surface area contributed by atoms with E-state index in [2.05, 4.69) is 10.3 Å². The van der Waals surface area contributed by atoms with Gasteiger partial charge in [-0.1, -0.05) is 29.8 Å². The van der Waals surface area contributed by atoms with Gasteiger partial charge in [0.15, 0.2) is 6.04 Å². The van der Waals surface area contributed by atoms with Gasteiger partial charge in [-0.2, -0.15) is 0 Å². The Morgan fingerprint density at radius 2 is 2.25 bits per heavy atom. The molecule has 0 bridgehead atoms. The lowest BCUT2D eigenvalue weighted by molar-refractivity contribution is -0.144. The van der Waals surface area contributed by atoms with E-state index in [4.69, 9.17) is 16.3 Å². The van der Waals surface area contributed by atoms with Crippen LogP contribution in [0.25, 0.3) is 0 Å². The van der Waals surface area contributed by atoms with Crippen LogP contribution in [0, 0.1) is 6.92 Å². The largest absolute Gasteiger partial charge is 0.464 e. The summed E-state index contributed by atoms with van der Waals surface area (Å²) in [5, 5.41) is 3.77. The Morgan fingerprint density at radius 1 is 1.50 bits per heavy atom. The molecule has 0 saturated heterocycles. The molecule has 2 rings (SSSR count). The third-order valence-electron chi connectivity index (χ3n) is 2.71. The van der Waals surface area contributed by atoms with Crippen LogP contribution in [0.2, 0.25) is 4.34 Å². The molecule has 0 amide bonds. The highest BCUT2D eigenvalue weighted by Gasteiger charge is 2.25. The van der Waals surface area contributed by atoms with E-state index < -0.39 is 6.04 Å². The number of nitrogens with zero attached hydrogens (tertiary/aromatic N) is 1. The van der Waals surface area contributed by atoms with Crippen LogP contribution in [-0.2, 0) is 9.53 Å². The second-order valence-corrected chi connectivity index (χ2v) is 5.84. The molecule has 0 fully saturated rings. The third kappa shape index (κ3) is 3.49. The van der Waals surface area contributed by atoms with Gasteiger partial charge in [0.2, 0.25) is 0 Å². The van der Waals surface area contributed by atoms with Gasteiger partial charge in [0.1, 0.15) is 9.34 Å². The SMILES string of the molecule is CCOC(=O)C(Nc1ccccc1C)c1ncc(Cl)s1. The van der Waals surface area contributed by atoms with Gasteiger partial charge in [-0.25, -0.2) is 9.78 Å². The fourth-order valence-corrected chi connectivity index (χ4v) is 2.71. The monoisotopic (exact) mass is 310 g/mol. The highest BCUT2D eigenvalue weighted by Crippen LogP contribution is 2.28. The van der Waals surface area contributed by atoms with Crippen molar-refractivity contribution < 1.29 is 9.53 Å². The molecule has 0 aliphatic rings. The quantitative estimate of drug-likeness (QED) is 0.853. The summed E-state index contributed by atoms with van der Waals surface area (Å²) >= 11 is 7.16. The van der Waals surface area contributed by atoms with Crippen molar-refractivity contribution in [2.75, 3.05) is 11.9 Å². The zero-order chi connectivity index (χ0) is 14.5. The standard InChI is InChI=1S/C14H15ClN2O2S/c1-3-19-14(18)12(13-16-8-11(15)20-13)17-10-7-5-4-6-9(10)2/h4-8,12,17H,3H2,1-2H3. The average molecular weight is 311 g/mol. The molecule has 4 nitrogen and oxygen atoms in total. The van der Waals surface area contributed by atoms with Crippen molar-refractivity contribution in [3.63, 3.8) is 0 Å². The predicted molar refractivity (Wildman–Crippen MR) is 81.3 cm³/mol. The molecule has 0 aliphatic heterocycles. The number of carbonyl (C=O) groups excluding carboxylic acids is 1. The number of hydrogen-bond acceptors (Lipinski definition) is 5. The zero-order valence-corrected chi connectivity index (χ0v) is 12.8. The van der Waals surface area contributed by atoms with E-state index in [1.807, 2.05) is 31.2 Å². The molecule has 1 aromatic carbocycles. The first-order valence-corrected chi connectivity index (χ1v) is 7.41. The molecule has 6 heteroatoms. The van der Waals surface area contributed by atoms with Gasteiger partial charge in [0.25, 0.3) is 0 Å². The van der Waals surface area contributed by atoms with Crippen LogP contribution in [-0.4, -0.2) is 17.6 Å². The van der Waals surface area contributed by atoms with Gasteiger partial charge in [0.05, 0.1) is 12.8 Å². The Morgan fingerprint density at radius 3 is 2.85 bits per heavy atom. The molecule has 1 aromatic heterocycles. The number of nitrogens with one attached hydrogen (secondary N) is 1. The summed E-state index contributed by atoms with van der Waals surface area (Å²) in [6.07, 6.45) is 1.54. The van der Waals surface area contributed by atoms with Crippen molar-refractivity contribution in [3.05, 3.63) is 45.4 Å². The molecule has 2 aromatic rings. The van der Waals surface area contributed by atoms with Gasteiger partial charge in [0, 0.05) is 5.69 Å². The van der Waals surface area contributed by atoms with Crippen molar-refractivity contribution in [1.82, 2.24) is 4.98 Å². The van der Waals surface area contributed by atoms with Crippen LogP contribution in [0.4, 0.5) is 5.69 Å². The van der Waals surface area contributed by atoms with Crippen molar-refractivity contribution in [3.8, 4) is 0 Å². The van der Waals surface area contributed by atoms with Crippen molar-refractivity contribution in [2.24, 2.45) is 0 Å². The van der Waals surface area contributed by atoms with Gasteiger partial charge in [-0.05, 0) is 25.5 Å². The summed E-state index contributed by atoms with van der Waals surface area (Å²) in [5.74, 6) is -0.359. The van der Waals surface area contributed by atoms with Crippen molar-refractivity contribution >= 4 is 34.6 Å². The van der Waals surface area contributed by atoms with Gasteiger partial charge < -0.3 is 10.1 Å².